The maximum Gasteiger partial charge on any atom is 0.419 e. The summed E-state index contributed by atoms with van der Waals surface area (Å²) >= 11 is 0. The zero-order chi connectivity index (χ0) is 14.8. The molecule has 0 amide bonds. The number of carboxylic acids is 1. The summed E-state index contributed by atoms with van der Waals surface area (Å²) < 4.78 is 43.5. The van der Waals surface area contributed by atoms with E-state index in [9.17, 15) is 18.0 Å². The van der Waals surface area contributed by atoms with E-state index < -0.39 is 17.7 Å². The highest BCUT2D eigenvalue weighted by molar-refractivity contribution is 5.88. The van der Waals surface area contributed by atoms with Crippen LogP contribution in [0.25, 0.3) is 0 Å². The van der Waals surface area contributed by atoms with Gasteiger partial charge in [0.25, 0.3) is 0 Å². The SMILES string of the molecule is O=C(O)c1cccc(Oc2ccccc2C(F)(F)F)c1. The Balaban J connectivity index is 2.36. The summed E-state index contributed by atoms with van der Waals surface area (Å²) in [5.41, 5.74) is -0.979. The maximum absolute atomic E-state index is 12.8. The molecule has 0 heterocycles. The predicted octanol–water partition coefficient (Wildman–Crippen LogP) is 4.20. The minimum Gasteiger partial charge on any atom is -0.478 e. The van der Waals surface area contributed by atoms with Gasteiger partial charge in [-0.1, -0.05) is 18.2 Å². The molecule has 1 N–H and O–H groups in total. The van der Waals surface area contributed by atoms with Gasteiger partial charge in [-0.05, 0) is 30.3 Å². The van der Waals surface area contributed by atoms with Crippen molar-refractivity contribution in [3.8, 4) is 11.5 Å². The van der Waals surface area contributed by atoms with E-state index in [0.717, 1.165) is 12.1 Å². The van der Waals surface area contributed by atoms with Gasteiger partial charge in [0.1, 0.15) is 11.5 Å². The normalized spacial score (nSPS) is 11.2. The van der Waals surface area contributed by atoms with Gasteiger partial charge in [0, 0.05) is 0 Å². The highest BCUT2D eigenvalue weighted by atomic mass is 19.4. The summed E-state index contributed by atoms with van der Waals surface area (Å²) in [4.78, 5) is 10.8. The fourth-order valence-electron chi connectivity index (χ4n) is 1.61. The fourth-order valence-corrected chi connectivity index (χ4v) is 1.61. The molecule has 0 saturated heterocycles. The van der Waals surface area contributed by atoms with Gasteiger partial charge in [0.05, 0.1) is 11.1 Å². The molecule has 0 bridgehead atoms. The smallest absolute Gasteiger partial charge is 0.419 e. The van der Waals surface area contributed by atoms with Crippen LogP contribution in [0.2, 0.25) is 0 Å². The molecule has 0 aromatic heterocycles. The van der Waals surface area contributed by atoms with Crippen LogP contribution in [0, 0.1) is 0 Å². The summed E-state index contributed by atoms with van der Waals surface area (Å²) in [6, 6.07) is 10.0. The predicted molar refractivity (Wildman–Crippen MR) is 64.9 cm³/mol. The molecule has 3 nitrogen and oxygen atoms in total. The Morgan fingerprint density at radius 1 is 1.05 bits per heavy atom. The molecule has 0 saturated carbocycles. The number of halogens is 3. The second-order valence-corrected chi connectivity index (χ2v) is 3.93. The Morgan fingerprint density at radius 2 is 1.75 bits per heavy atom. The minimum absolute atomic E-state index is 0.0293. The third-order valence-corrected chi connectivity index (χ3v) is 2.50. The number of alkyl halides is 3. The van der Waals surface area contributed by atoms with Gasteiger partial charge in [-0.2, -0.15) is 13.2 Å². The molecule has 0 aliphatic carbocycles. The van der Waals surface area contributed by atoms with Crippen molar-refractivity contribution >= 4 is 5.97 Å². The lowest BCUT2D eigenvalue weighted by atomic mass is 10.2. The number of carbonyl (C=O) groups is 1. The van der Waals surface area contributed by atoms with Crippen LogP contribution in [0.1, 0.15) is 15.9 Å². The van der Waals surface area contributed by atoms with E-state index in [2.05, 4.69) is 0 Å². The van der Waals surface area contributed by atoms with Crippen molar-refractivity contribution in [2.24, 2.45) is 0 Å². The van der Waals surface area contributed by atoms with Crippen LogP contribution >= 0.6 is 0 Å². The van der Waals surface area contributed by atoms with Crippen molar-refractivity contribution in [1.82, 2.24) is 0 Å². The average Bonchev–Trinajstić information content (AvgIpc) is 2.38. The maximum atomic E-state index is 12.8. The summed E-state index contributed by atoms with van der Waals surface area (Å²) in [5, 5.41) is 8.82. The standard InChI is InChI=1S/C14H9F3O3/c15-14(16,17)11-6-1-2-7-12(11)20-10-5-3-4-9(8-10)13(18)19/h1-8H,(H,18,19). The van der Waals surface area contributed by atoms with E-state index in [0.29, 0.717) is 0 Å². The zero-order valence-electron chi connectivity index (χ0n) is 10.0. The zero-order valence-corrected chi connectivity index (χ0v) is 10.0. The molecule has 0 fully saturated rings. The Kier molecular flexibility index (Phi) is 3.65. The molecule has 0 radical (unpaired) electrons. The molecule has 0 atom stereocenters. The molecule has 2 aromatic carbocycles. The number of hydrogen-bond donors (Lipinski definition) is 1. The molecular weight excluding hydrogens is 273 g/mol. The number of carboxylic acid groups (broad SMARTS) is 1. The first-order chi connectivity index (χ1) is 9.38. The number of para-hydroxylation sites is 1. The second kappa shape index (κ2) is 5.24. The lowest BCUT2D eigenvalue weighted by molar-refractivity contribution is -0.138. The van der Waals surface area contributed by atoms with Gasteiger partial charge in [-0.3, -0.25) is 0 Å². The van der Waals surface area contributed by atoms with Crippen molar-refractivity contribution in [2.45, 2.75) is 6.18 Å². The van der Waals surface area contributed by atoms with Crippen molar-refractivity contribution in [3.63, 3.8) is 0 Å². The highest BCUT2D eigenvalue weighted by Crippen LogP contribution is 2.37. The van der Waals surface area contributed by atoms with Crippen LogP contribution in [0.3, 0.4) is 0 Å². The topological polar surface area (TPSA) is 46.5 Å². The monoisotopic (exact) mass is 282 g/mol. The molecule has 6 heteroatoms. The van der Waals surface area contributed by atoms with Crippen molar-refractivity contribution in [3.05, 3.63) is 59.7 Å². The molecular formula is C14H9F3O3. The van der Waals surface area contributed by atoms with E-state index in [4.69, 9.17) is 9.84 Å². The van der Waals surface area contributed by atoms with E-state index >= 15 is 0 Å². The molecule has 0 spiro atoms. The fraction of sp³-hybridized carbons (Fsp3) is 0.0714. The van der Waals surface area contributed by atoms with E-state index in [1.165, 1.54) is 36.4 Å². The van der Waals surface area contributed by atoms with E-state index in [-0.39, 0.29) is 17.1 Å². The Labute approximate surface area is 112 Å². The first-order valence-corrected chi connectivity index (χ1v) is 5.55. The van der Waals surface area contributed by atoms with Crippen LogP contribution < -0.4 is 4.74 Å². The summed E-state index contributed by atoms with van der Waals surface area (Å²) in [7, 11) is 0. The van der Waals surface area contributed by atoms with Crippen molar-refractivity contribution in [2.75, 3.05) is 0 Å². The third kappa shape index (κ3) is 3.09. The molecule has 0 unspecified atom stereocenters. The van der Waals surface area contributed by atoms with Gasteiger partial charge < -0.3 is 9.84 Å². The lowest BCUT2D eigenvalue weighted by Gasteiger charge is -2.13. The van der Waals surface area contributed by atoms with Gasteiger partial charge in [0.2, 0.25) is 0 Å². The van der Waals surface area contributed by atoms with E-state index in [1.807, 2.05) is 0 Å². The van der Waals surface area contributed by atoms with Crippen LogP contribution in [0.5, 0.6) is 11.5 Å². The number of rotatable bonds is 3. The summed E-state index contributed by atoms with van der Waals surface area (Å²) in [6.07, 6.45) is -4.54. The number of aromatic carboxylic acids is 1. The number of ether oxygens (including phenoxy) is 1. The molecule has 2 aromatic rings. The third-order valence-electron chi connectivity index (χ3n) is 2.50. The Hall–Kier alpha value is -2.50. The van der Waals surface area contributed by atoms with Crippen LogP contribution in [-0.4, -0.2) is 11.1 Å². The second-order valence-electron chi connectivity index (χ2n) is 3.93. The quantitative estimate of drug-likeness (QED) is 0.917. The van der Waals surface area contributed by atoms with Crippen LogP contribution in [0.15, 0.2) is 48.5 Å². The summed E-state index contributed by atoms with van der Waals surface area (Å²) in [5.74, 6) is -1.52. The Morgan fingerprint density at radius 3 is 2.40 bits per heavy atom. The van der Waals surface area contributed by atoms with Gasteiger partial charge in [-0.15, -0.1) is 0 Å². The molecule has 20 heavy (non-hydrogen) atoms. The first kappa shape index (κ1) is 13.9. The highest BCUT2D eigenvalue weighted by Gasteiger charge is 2.34. The van der Waals surface area contributed by atoms with Crippen molar-refractivity contribution in [1.29, 1.82) is 0 Å². The van der Waals surface area contributed by atoms with Crippen LogP contribution in [-0.2, 0) is 6.18 Å². The Bertz CT molecular complexity index is 636. The molecule has 0 aliphatic heterocycles. The van der Waals surface area contributed by atoms with Crippen molar-refractivity contribution < 1.29 is 27.8 Å². The largest absolute Gasteiger partial charge is 0.478 e. The minimum atomic E-state index is -4.54. The van der Waals surface area contributed by atoms with Gasteiger partial charge in [-0.25, -0.2) is 4.79 Å². The van der Waals surface area contributed by atoms with E-state index in [1.54, 1.807) is 0 Å². The van der Waals surface area contributed by atoms with Crippen LogP contribution in [0.4, 0.5) is 13.2 Å². The molecule has 2 rings (SSSR count). The van der Waals surface area contributed by atoms with Gasteiger partial charge >= 0.3 is 12.1 Å². The summed E-state index contributed by atoms with van der Waals surface area (Å²) in [6.45, 7) is 0. The number of hydrogen-bond acceptors (Lipinski definition) is 2. The van der Waals surface area contributed by atoms with Gasteiger partial charge in [0.15, 0.2) is 0 Å². The number of benzene rings is 2. The average molecular weight is 282 g/mol. The molecule has 104 valence electrons. The first-order valence-electron chi connectivity index (χ1n) is 5.55. The molecule has 0 aliphatic rings. The lowest BCUT2D eigenvalue weighted by Crippen LogP contribution is -2.07.